The minimum absolute atomic E-state index is 0.0292. The molecule has 0 unspecified atom stereocenters. The smallest absolute Gasteiger partial charge is 0.265 e. The number of para-hydroxylation sites is 1. The predicted molar refractivity (Wildman–Crippen MR) is 123 cm³/mol. The normalized spacial score (nSPS) is 17.9. The number of fused-ring (bicyclic) bond motifs is 1. The van der Waals surface area contributed by atoms with E-state index in [9.17, 15) is 16.8 Å². The van der Waals surface area contributed by atoms with Gasteiger partial charge in [0.2, 0.25) is 10.0 Å². The Kier molecular flexibility index (Phi) is 5.97. The summed E-state index contributed by atoms with van der Waals surface area (Å²) in [5.41, 5.74) is 1.31. The number of halogens is 1. The quantitative estimate of drug-likeness (QED) is 0.644. The standard InChI is InChI=1S/C21H26ClN3O4S2/c1-23(2)30(26,27)17-11-13-18(14-12-17)31(28,29)25-15-24(16-7-4-3-5-8-16)20-10-6-9-19(22)21(20)25/h6,9-14,16H,3-5,7-8,15H2,1-2H3. The van der Waals surface area contributed by atoms with Crippen molar-refractivity contribution in [2.45, 2.75) is 47.9 Å². The summed E-state index contributed by atoms with van der Waals surface area (Å²) in [6.07, 6.45) is 5.52. The molecule has 168 valence electrons. The lowest BCUT2D eigenvalue weighted by molar-refractivity contribution is 0.420. The summed E-state index contributed by atoms with van der Waals surface area (Å²) in [5.74, 6) is 0. The van der Waals surface area contributed by atoms with Gasteiger partial charge in [-0.15, -0.1) is 0 Å². The van der Waals surface area contributed by atoms with Crippen LogP contribution in [0, 0.1) is 0 Å². The van der Waals surface area contributed by atoms with E-state index in [-0.39, 0.29) is 22.5 Å². The second-order valence-corrected chi connectivity index (χ2v) is 12.5. The lowest BCUT2D eigenvalue weighted by atomic mass is 9.94. The van der Waals surface area contributed by atoms with Gasteiger partial charge in [0, 0.05) is 20.1 Å². The largest absolute Gasteiger partial charge is 0.348 e. The summed E-state index contributed by atoms with van der Waals surface area (Å²) in [5, 5.41) is 0.381. The van der Waals surface area contributed by atoms with E-state index < -0.39 is 20.0 Å². The molecule has 0 bridgehead atoms. The number of benzene rings is 2. The molecule has 2 aliphatic rings. The maximum absolute atomic E-state index is 13.6. The molecule has 31 heavy (non-hydrogen) atoms. The highest BCUT2D eigenvalue weighted by Gasteiger charge is 2.39. The van der Waals surface area contributed by atoms with E-state index in [1.807, 2.05) is 12.1 Å². The van der Waals surface area contributed by atoms with Crippen LogP contribution < -0.4 is 9.21 Å². The van der Waals surface area contributed by atoms with Crippen LogP contribution >= 0.6 is 11.6 Å². The Morgan fingerprint density at radius 3 is 2.13 bits per heavy atom. The summed E-state index contributed by atoms with van der Waals surface area (Å²) < 4.78 is 54.2. The Morgan fingerprint density at radius 1 is 0.903 bits per heavy atom. The van der Waals surface area contributed by atoms with E-state index in [0.29, 0.717) is 10.7 Å². The van der Waals surface area contributed by atoms with Crippen molar-refractivity contribution in [1.29, 1.82) is 0 Å². The minimum Gasteiger partial charge on any atom is -0.348 e. The molecule has 2 aromatic carbocycles. The van der Waals surface area contributed by atoms with Gasteiger partial charge in [-0.1, -0.05) is 36.9 Å². The van der Waals surface area contributed by atoms with Crippen LogP contribution in [0.1, 0.15) is 32.1 Å². The second kappa shape index (κ2) is 8.27. The Bertz CT molecular complexity index is 1180. The highest BCUT2D eigenvalue weighted by Crippen LogP contribution is 2.46. The fraction of sp³-hybridized carbons (Fsp3) is 0.429. The van der Waals surface area contributed by atoms with Crippen LogP contribution in [-0.2, 0) is 20.0 Å². The number of nitrogens with zero attached hydrogens (tertiary/aromatic N) is 3. The number of hydrogen-bond donors (Lipinski definition) is 0. The molecule has 1 aliphatic heterocycles. The van der Waals surface area contributed by atoms with E-state index in [4.69, 9.17) is 11.6 Å². The van der Waals surface area contributed by atoms with Gasteiger partial charge in [-0.25, -0.2) is 25.4 Å². The topological polar surface area (TPSA) is 78.0 Å². The molecule has 0 amide bonds. The Morgan fingerprint density at radius 2 is 1.52 bits per heavy atom. The molecule has 0 aromatic heterocycles. The molecule has 7 nitrogen and oxygen atoms in total. The zero-order valence-corrected chi connectivity index (χ0v) is 19.9. The van der Waals surface area contributed by atoms with Gasteiger partial charge in [-0.3, -0.25) is 0 Å². The van der Waals surface area contributed by atoms with E-state index in [1.165, 1.54) is 49.1 Å². The SMILES string of the molecule is CN(C)S(=O)(=O)c1ccc(S(=O)(=O)N2CN(C3CCCCC3)c3cccc(Cl)c32)cc1. The van der Waals surface area contributed by atoms with Crippen LogP contribution in [0.2, 0.25) is 5.02 Å². The van der Waals surface area contributed by atoms with Crippen LogP contribution in [0.5, 0.6) is 0 Å². The average molecular weight is 484 g/mol. The molecule has 0 saturated heterocycles. The van der Waals surface area contributed by atoms with Crippen molar-refractivity contribution in [3.8, 4) is 0 Å². The molecule has 1 aliphatic carbocycles. The first-order valence-electron chi connectivity index (χ1n) is 10.2. The average Bonchev–Trinajstić information content (AvgIpc) is 3.16. The maximum atomic E-state index is 13.6. The lowest BCUT2D eigenvalue weighted by Gasteiger charge is -2.33. The third-order valence-electron chi connectivity index (χ3n) is 6.01. The number of anilines is 2. The summed E-state index contributed by atoms with van der Waals surface area (Å²) in [7, 11) is -4.70. The summed E-state index contributed by atoms with van der Waals surface area (Å²) >= 11 is 6.46. The van der Waals surface area contributed by atoms with Gasteiger partial charge in [-0.2, -0.15) is 0 Å². The first-order chi connectivity index (χ1) is 14.6. The van der Waals surface area contributed by atoms with Gasteiger partial charge in [0.15, 0.2) is 0 Å². The van der Waals surface area contributed by atoms with Crippen LogP contribution in [0.4, 0.5) is 11.4 Å². The molecule has 0 radical (unpaired) electrons. The molecule has 0 N–H and O–H groups in total. The highest BCUT2D eigenvalue weighted by molar-refractivity contribution is 7.93. The van der Waals surface area contributed by atoms with Crippen molar-refractivity contribution in [1.82, 2.24) is 4.31 Å². The molecule has 10 heteroatoms. The monoisotopic (exact) mass is 483 g/mol. The molecule has 2 aromatic rings. The first kappa shape index (κ1) is 22.4. The summed E-state index contributed by atoms with van der Waals surface area (Å²) in [4.78, 5) is 2.21. The highest BCUT2D eigenvalue weighted by atomic mass is 35.5. The molecule has 4 rings (SSSR count). The molecular weight excluding hydrogens is 458 g/mol. The maximum Gasteiger partial charge on any atom is 0.265 e. The van der Waals surface area contributed by atoms with Crippen LogP contribution in [0.25, 0.3) is 0 Å². The van der Waals surface area contributed by atoms with Crippen molar-refractivity contribution in [3.63, 3.8) is 0 Å². The van der Waals surface area contributed by atoms with Crippen molar-refractivity contribution in [2.75, 3.05) is 30.0 Å². The minimum atomic E-state index is -3.93. The molecular formula is C21H26ClN3O4S2. The lowest BCUT2D eigenvalue weighted by Crippen LogP contribution is -2.41. The fourth-order valence-corrected chi connectivity index (χ4v) is 6.96. The first-order valence-corrected chi connectivity index (χ1v) is 13.5. The van der Waals surface area contributed by atoms with Crippen molar-refractivity contribution in [2.24, 2.45) is 0 Å². The molecule has 1 heterocycles. The molecule has 0 spiro atoms. The van der Waals surface area contributed by atoms with E-state index in [2.05, 4.69) is 4.90 Å². The van der Waals surface area contributed by atoms with E-state index in [0.717, 1.165) is 35.7 Å². The van der Waals surface area contributed by atoms with Crippen LogP contribution in [0.3, 0.4) is 0 Å². The number of hydrogen-bond acceptors (Lipinski definition) is 5. The van der Waals surface area contributed by atoms with Crippen LogP contribution in [-0.4, -0.2) is 47.9 Å². The second-order valence-electron chi connectivity index (χ2n) is 8.12. The Hall–Kier alpha value is -1.81. The number of rotatable bonds is 5. The molecule has 0 atom stereocenters. The van der Waals surface area contributed by atoms with Crippen LogP contribution in [0.15, 0.2) is 52.3 Å². The molecule has 1 fully saturated rings. The van der Waals surface area contributed by atoms with E-state index >= 15 is 0 Å². The Balaban J connectivity index is 1.72. The summed E-state index contributed by atoms with van der Waals surface area (Å²) in [6.45, 7) is 0.198. The third-order valence-corrected chi connectivity index (χ3v) is 9.89. The van der Waals surface area contributed by atoms with Gasteiger partial charge < -0.3 is 4.90 Å². The van der Waals surface area contributed by atoms with Crippen molar-refractivity contribution < 1.29 is 16.8 Å². The Labute approximate surface area is 189 Å². The van der Waals surface area contributed by atoms with Gasteiger partial charge in [-0.05, 0) is 49.2 Å². The number of sulfonamides is 2. The zero-order chi connectivity index (χ0) is 22.4. The summed E-state index contributed by atoms with van der Waals surface area (Å²) in [6, 6.07) is 11.1. The fourth-order valence-electron chi connectivity index (χ4n) is 4.29. The van der Waals surface area contributed by atoms with Gasteiger partial charge in [0.1, 0.15) is 6.67 Å². The van der Waals surface area contributed by atoms with Crippen molar-refractivity contribution in [3.05, 3.63) is 47.5 Å². The van der Waals surface area contributed by atoms with Crippen molar-refractivity contribution >= 4 is 43.0 Å². The zero-order valence-electron chi connectivity index (χ0n) is 17.5. The van der Waals surface area contributed by atoms with Gasteiger partial charge in [0.25, 0.3) is 10.0 Å². The third kappa shape index (κ3) is 3.92. The predicted octanol–water partition coefficient (Wildman–Crippen LogP) is 3.90. The molecule has 1 saturated carbocycles. The van der Waals surface area contributed by atoms with Gasteiger partial charge >= 0.3 is 0 Å². The van der Waals surface area contributed by atoms with Gasteiger partial charge in [0.05, 0.1) is 26.2 Å². The van der Waals surface area contributed by atoms with E-state index in [1.54, 1.807) is 6.07 Å².